The molecule has 0 saturated heterocycles. The van der Waals surface area contributed by atoms with Gasteiger partial charge in [0.1, 0.15) is 5.75 Å². The number of rotatable bonds is 6. The van der Waals surface area contributed by atoms with Crippen LogP contribution in [0.15, 0.2) is 36.4 Å². The molecule has 1 aliphatic heterocycles. The third-order valence-corrected chi connectivity index (χ3v) is 3.97. The Labute approximate surface area is 157 Å². The fourth-order valence-corrected chi connectivity index (χ4v) is 2.68. The van der Waals surface area contributed by atoms with Gasteiger partial charge in [0.25, 0.3) is 11.8 Å². The van der Waals surface area contributed by atoms with E-state index in [0.29, 0.717) is 47.4 Å². The Kier molecular flexibility index (Phi) is 5.49. The first-order chi connectivity index (χ1) is 13.0. The summed E-state index contributed by atoms with van der Waals surface area (Å²) < 4.78 is 16.6. The van der Waals surface area contributed by atoms with E-state index in [1.54, 1.807) is 43.3 Å². The summed E-state index contributed by atoms with van der Waals surface area (Å²) in [6.07, 6.45) is -0.543. The molecule has 2 N–H and O–H groups in total. The Morgan fingerprint density at radius 1 is 1.11 bits per heavy atom. The molecule has 0 radical (unpaired) electrons. The van der Waals surface area contributed by atoms with Crippen molar-refractivity contribution < 1.29 is 23.8 Å². The second kappa shape index (κ2) is 7.99. The minimum Gasteiger partial charge on any atom is -0.490 e. The smallest absolute Gasteiger partial charge is 0.265 e. The molecule has 0 spiro atoms. The number of anilines is 2. The summed E-state index contributed by atoms with van der Waals surface area (Å²) in [7, 11) is 0. The maximum absolute atomic E-state index is 12.6. The van der Waals surface area contributed by atoms with Gasteiger partial charge in [-0.05, 0) is 57.2 Å². The average Bonchev–Trinajstić information content (AvgIpc) is 2.64. The number of amides is 2. The quantitative estimate of drug-likeness (QED) is 0.813. The first-order valence-electron chi connectivity index (χ1n) is 8.84. The molecule has 7 nitrogen and oxygen atoms in total. The van der Waals surface area contributed by atoms with Crippen molar-refractivity contribution in [2.45, 2.75) is 26.9 Å². The van der Waals surface area contributed by atoms with Gasteiger partial charge >= 0.3 is 0 Å². The van der Waals surface area contributed by atoms with Crippen molar-refractivity contribution in [3.05, 3.63) is 42.0 Å². The SMILES string of the molecule is CCOc1ccc(C(=O)Nc2ccc3c(c2)NC(=O)C(C)O3)cc1OCC. The molecule has 2 aromatic rings. The lowest BCUT2D eigenvalue weighted by atomic mass is 10.1. The lowest BCUT2D eigenvalue weighted by molar-refractivity contribution is -0.122. The first kappa shape index (κ1) is 18.6. The fraction of sp³-hybridized carbons (Fsp3) is 0.300. The van der Waals surface area contributed by atoms with E-state index < -0.39 is 6.10 Å². The van der Waals surface area contributed by atoms with Crippen LogP contribution in [0.25, 0.3) is 0 Å². The molecule has 2 amide bonds. The van der Waals surface area contributed by atoms with Crippen molar-refractivity contribution >= 4 is 23.2 Å². The summed E-state index contributed by atoms with van der Waals surface area (Å²) in [5, 5.41) is 5.57. The van der Waals surface area contributed by atoms with Gasteiger partial charge < -0.3 is 24.8 Å². The maximum atomic E-state index is 12.6. The monoisotopic (exact) mass is 370 g/mol. The average molecular weight is 370 g/mol. The normalized spacial score (nSPS) is 15.2. The molecule has 1 aliphatic rings. The second-order valence-electron chi connectivity index (χ2n) is 5.94. The minimum atomic E-state index is -0.543. The highest BCUT2D eigenvalue weighted by molar-refractivity contribution is 6.05. The number of carbonyl (C=O) groups is 2. The molecule has 0 aliphatic carbocycles. The third-order valence-electron chi connectivity index (χ3n) is 3.97. The summed E-state index contributed by atoms with van der Waals surface area (Å²) >= 11 is 0. The molecule has 142 valence electrons. The van der Waals surface area contributed by atoms with Crippen molar-refractivity contribution in [2.75, 3.05) is 23.8 Å². The molecular formula is C20H22N2O5. The van der Waals surface area contributed by atoms with Crippen LogP contribution in [-0.2, 0) is 4.79 Å². The van der Waals surface area contributed by atoms with Gasteiger partial charge in [0, 0.05) is 11.3 Å². The van der Waals surface area contributed by atoms with Gasteiger partial charge in [-0.25, -0.2) is 0 Å². The fourth-order valence-electron chi connectivity index (χ4n) is 2.68. The maximum Gasteiger partial charge on any atom is 0.265 e. The Hall–Kier alpha value is -3.22. The minimum absolute atomic E-state index is 0.223. The van der Waals surface area contributed by atoms with E-state index >= 15 is 0 Å². The molecular weight excluding hydrogens is 348 g/mol. The highest BCUT2D eigenvalue weighted by atomic mass is 16.5. The van der Waals surface area contributed by atoms with Crippen LogP contribution in [0.2, 0.25) is 0 Å². The van der Waals surface area contributed by atoms with Gasteiger partial charge in [-0.1, -0.05) is 0 Å². The highest BCUT2D eigenvalue weighted by Crippen LogP contribution is 2.33. The predicted molar refractivity (Wildman–Crippen MR) is 102 cm³/mol. The molecule has 2 aromatic carbocycles. The standard InChI is InChI=1S/C20H22N2O5/c1-4-25-17-8-6-13(10-18(17)26-5-2)20(24)21-14-7-9-16-15(11-14)22-19(23)12(3)27-16/h6-12H,4-5H2,1-3H3,(H,21,24)(H,22,23). The van der Waals surface area contributed by atoms with E-state index in [4.69, 9.17) is 14.2 Å². The number of nitrogens with one attached hydrogen (secondary N) is 2. The number of carbonyl (C=O) groups excluding carboxylic acids is 2. The van der Waals surface area contributed by atoms with E-state index in [-0.39, 0.29) is 11.8 Å². The van der Waals surface area contributed by atoms with Crippen LogP contribution >= 0.6 is 0 Å². The molecule has 0 aromatic heterocycles. The van der Waals surface area contributed by atoms with Gasteiger partial charge in [0.05, 0.1) is 18.9 Å². The van der Waals surface area contributed by atoms with Gasteiger partial charge in [-0.15, -0.1) is 0 Å². The number of fused-ring (bicyclic) bond motifs is 1. The van der Waals surface area contributed by atoms with Gasteiger partial charge in [-0.2, -0.15) is 0 Å². The molecule has 0 fully saturated rings. The van der Waals surface area contributed by atoms with Crippen molar-refractivity contribution in [2.24, 2.45) is 0 Å². The Bertz CT molecular complexity index is 865. The Morgan fingerprint density at radius 3 is 2.59 bits per heavy atom. The molecule has 0 bridgehead atoms. The molecule has 7 heteroatoms. The van der Waals surface area contributed by atoms with Crippen LogP contribution in [0.5, 0.6) is 17.2 Å². The van der Waals surface area contributed by atoms with Gasteiger partial charge in [-0.3, -0.25) is 9.59 Å². The summed E-state index contributed by atoms with van der Waals surface area (Å²) in [6.45, 7) is 6.40. The van der Waals surface area contributed by atoms with Crippen LogP contribution in [0.3, 0.4) is 0 Å². The van der Waals surface area contributed by atoms with E-state index in [0.717, 1.165) is 0 Å². The van der Waals surface area contributed by atoms with E-state index in [1.165, 1.54) is 0 Å². The lowest BCUT2D eigenvalue weighted by Crippen LogP contribution is -2.34. The topological polar surface area (TPSA) is 85.9 Å². The van der Waals surface area contributed by atoms with Crippen LogP contribution in [0.4, 0.5) is 11.4 Å². The van der Waals surface area contributed by atoms with E-state index in [2.05, 4.69) is 10.6 Å². The van der Waals surface area contributed by atoms with Crippen LogP contribution in [0.1, 0.15) is 31.1 Å². The zero-order valence-corrected chi connectivity index (χ0v) is 15.5. The molecule has 3 rings (SSSR count). The number of hydrogen-bond donors (Lipinski definition) is 2. The predicted octanol–water partition coefficient (Wildman–Crippen LogP) is 3.46. The molecule has 1 heterocycles. The van der Waals surface area contributed by atoms with Crippen LogP contribution in [-0.4, -0.2) is 31.1 Å². The van der Waals surface area contributed by atoms with Crippen molar-refractivity contribution in [1.29, 1.82) is 0 Å². The first-order valence-corrected chi connectivity index (χ1v) is 8.84. The van der Waals surface area contributed by atoms with Gasteiger partial charge in [0.15, 0.2) is 17.6 Å². The molecule has 1 atom stereocenters. The summed E-state index contributed by atoms with van der Waals surface area (Å²) in [4.78, 5) is 24.3. The number of ether oxygens (including phenoxy) is 3. The molecule has 1 unspecified atom stereocenters. The zero-order valence-electron chi connectivity index (χ0n) is 15.5. The second-order valence-corrected chi connectivity index (χ2v) is 5.94. The lowest BCUT2D eigenvalue weighted by Gasteiger charge is -2.23. The van der Waals surface area contributed by atoms with Crippen LogP contribution in [0, 0.1) is 0 Å². The number of benzene rings is 2. The van der Waals surface area contributed by atoms with Crippen molar-refractivity contribution in [3.63, 3.8) is 0 Å². The van der Waals surface area contributed by atoms with E-state index in [9.17, 15) is 9.59 Å². The van der Waals surface area contributed by atoms with Crippen molar-refractivity contribution in [3.8, 4) is 17.2 Å². The zero-order chi connectivity index (χ0) is 19.4. The van der Waals surface area contributed by atoms with Crippen molar-refractivity contribution in [1.82, 2.24) is 0 Å². The highest BCUT2D eigenvalue weighted by Gasteiger charge is 2.23. The van der Waals surface area contributed by atoms with Crippen LogP contribution < -0.4 is 24.8 Å². The van der Waals surface area contributed by atoms with Gasteiger partial charge in [0.2, 0.25) is 0 Å². The largest absolute Gasteiger partial charge is 0.490 e. The summed E-state index contributed by atoms with van der Waals surface area (Å²) in [5.41, 5.74) is 1.51. The molecule has 0 saturated carbocycles. The Balaban J connectivity index is 1.78. The summed E-state index contributed by atoms with van der Waals surface area (Å²) in [6, 6.07) is 10.1. The molecule has 27 heavy (non-hydrogen) atoms. The number of hydrogen-bond acceptors (Lipinski definition) is 5. The Morgan fingerprint density at radius 2 is 1.85 bits per heavy atom. The summed E-state index contributed by atoms with van der Waals surface area (Å²) in [5.74, 6) is 1.17. The van der Waals surface area contributed by atoms with E-state index in [1.807, 2.05) is 13.8 Å². The third kappa shape index (κ3) is 4.13.